The number of nitrogens with one attached hydrogen (secondary N) is 1. The SMILES string of the molecule is Ic1ccc(N2CCNCC3OC32)cn1. The lowest BCUT2D eigenvalue weighted by molar-refractivity contribution is 0.347. The second-order valence-corrected chi connectivity index (χ2v) is 4.91. The Morgan fingerprint density at radius 3 is 3.27 bits per heavy atom. The summed E-state index contributed by atoms with van der Waals surface area (Å²) in [5, 5.41) is 3.36. The van der Waals surface area contributed by atoms with Gasteiger partial charge in [0.25, 0.3) is 0 Å². The normalized spacial score (nSPS) is 29.5. The molecule has 0 amide bonds. The van der Waals surface area contributed by atoms with Gasteiger partial charge in [-0.15, -0.1) is 0 Å². The van der Waals surface area contributed by atoms with Gasteiger partial charge in [0, 0.05) is 19.6 Å². The Hall–Kier alpha value is -0.400. The number of nitrogens with zero attached hydrogens (tertiary/aromatic N) is 2. The van der Waals surface area contributed by atoms with Gasteiger partial charge in [0.1, 0.15) is 9.80 Å². The van der Waals surface area contributed by atoms with Crippen LogP contribution in [-0.4, -0.2) is 37.0 Å². The quantitative estimate of drug-likeness (QED) is 0.473. The minimum absolute atomic E-state index is 0.266. The van der Waals surface area contributed by atoms with Crippen molar-refractivity contribution in [1.29, 1.82) is 0 Å². The van der Waals surface area contributed by atoms with E-state index in [0.717, 1.165) is 29.0 Å². The monoisotopic (exact) mass is 317 g/mol. The molecule has 2 unspecified atom stereocenters. The highest BCUT2D eigenvalue weighted by Crippen LogP contribution is 2.31. The molecular weight excluding hydrogens is 305 g/mol. The predicted octanol–water partition coefficient (Wildman–Crippen LogP) is 0.821. The van der Waals surface area contributed by atoms with Crippen molar-refractivity contribution in [2.75, 3.05) is 24.5 Å². The highest BCUT2D eigenvalue weighted by Gasteiger charge is 2.44. The fourth-order valence-corrected chi connectivity index (χ4v) is 2.26. The van der Waals surface area contributed by atoms with Crippen molar-refractivity contribution in [1.82, 2.24) is 10.3 Å². The van der Waals surface area contributed by atoms with Crippen LogP contribution in [0, 0.1) is 3.70 Å². The number of hydrogen-bond donors (Lipinski definition) is 1. The lowest BCUT2D eigenvalue weighted by Crippen LogP contribution is -2.31. The van der Waals surface area contributed by atoms with Crippen LogP contribution in [0.3, 0.4) is 0 Å². The maximum absolute atomic E-state index is 5.59. The molecule has 1 N–H and O–H groups in total. The second kappa shape index (κ2) is 3.88. The molecule has 0 aromatic carbocycles. The summed E-state index contributed by atoms with van der Waals surface area (Å²) in [5.41, 5.74) is 1.16. The van der Waals surface area contributed by atoms with E-state index in [9.17, 15) is 0 Å². The standard InChI is InChI=1S/C10H12IN3O/c11-9-2-1-7(5-13-9)14-4-3-12-6-8-10(14)15-8/h1-2,5,8,10,12H,3-4,6H2. The van der Waals surface area contributed by atoms with Gasteiger partial charge in [-0.3, -0.25) is 0 Å². The average Bonchev–Trinajstić information content (AvgIpc) is 2.98. The molecule has 4 nitrogen and oxygen atoms in total. The van der Waals surface area contributed by atoms with Crippen molar-refractivity contribution in [3.05, 3.63) is 22.0 Å². The Bertz CT molecular complexity index is 356. The molecule has 5 heteroatoms. The van der Waals surface area contributed by atoms with Crippen LogP contribution in [0.25, 0.3) is 0 Å². The third-order valence-electron chi connectivity index (χ3n) is 2.78. The zero-order valence-corrected chi connectivity index (χ0v) is 10.3. The Balaban J connectivity index is 1.83. The van der Waals surface area contributed by atoms with E-state index in [-0.39, 0.29) is 6.23 Å². The second-order valence-electron chi connectivity index (χ2n) is 3.80. The number of fused-ring (bicyclic) bond motifs is 1. The summed E-state index contributed by atoms with van der Waals surface area (Å²) >= 11 is 2.22. The molecule has 2 fully saturated rings. The van der Waals surface area contributed by atoms with Crippen molar-refractivity contribution in [2.24, 2.45) is 0 Å². The predicted molar refractivity (Wildman–Crippen MR) is 65.8 cm³/mol. The maximum atomic E-state index is 5.59. The Kier molecular flexibility index (Phi) is 2.53. The minimum Gasteiger partial charge on any atom is -0.346 e. The van der Waals surface area contributed by atoms with E-state index in [2.05, 4.69) is 43.9 Å². The van der Waals surface area contributed by atoms with Gasteiger partial charge in [0.15, 0.2) is 6.23 Å². The number of ether oxygens (including phenoxy) is 1. The van der Waals surface area contributed by atoms with Crippen LogP contribution in [0.15, 0.2) is 18.3 Å². The first-order valence-corrected chi connectivity index (χ1v) is 6.17. The van der Waals surface area contributed by atoms with Crippen LogP contribution in [0.4, 0.5) is 5.69 Å². The minimum atomic E-state index is 0.266. The summed E-state index contributed by atoms with van der Waals surface area (Å²) in [7, 11) is 0. The van der Waals surface area contributed by atoms with Gasteiger partial charge >= 0.3 is 0 Å². The molecule has 3 rings (SSSR count). The van der Waals surface area contributed by atoms with Crippen molar-refractivity contribution in [3.8, 4) is 0 Å². The van der Waals surface area contributed by atoms with Crippen molar-refractivity contribution in [2.45, 2.75) is 12.3 Å². The molecule has 80 valence electrons. The highest BCUT2D eigenvalue weighted by molar-refractivity contribution is 14.1. The van der Waals surface area contributed by atoms with Crippen molar-refractivity contribution < 1.29 is 4.74 Å². The van der Waals surface area contributed by atoms with Gasteiger partial charge in [0.05, 0.1) is 11.9 Å². The number of epoxide rings is 1. The third kappa shape index (κ3) is 1.95. The van der Waals surface area contributed by atoms with Crippen LogP contribution in [0.2, 0.25) is 0 Å². The fraction of sp³-hybridized carbons (Fsp3) is 0.500. The van der Waals surface area contributed by atoms with Gasteiger partial charge in [-0.2, -0.15) is 0 Å². The third-order valence-corrected chi connectivity index (χ3v) is 3.42. The molecule has 3 heterocycles. The summed E-state index contributed by atoms with van der Waals surface area (Å²) in [4.78, 5) is 6.59. The van der Waals surface area contributed by atoms with Crippen LogP contribution in [-0.2, 0) is 4.74 Å². The van der Waals surface area contributed by atoms with Gasteiger partial charge in [-0.05, 0) is 34.7 Å². The molecule has 0 aliphatic carbocycles. The van der Waals surface area contributed by atoms with Gasteiger partial charge in [0.2, 0.25) is 0 Å². The molecule has 1 aromatic rings. The van der Waals surface area contributed by atoms with Gasteiger partial charge in [-0.1, -0.05) is 0 Å². The Morgan fingerprint density at radius 1 is 1.53 bits per heavy atom. The molecule has 2 aliphatic rings. The Labute approximate surface area is 102 Å². The molecule has 0 spiro atoms. The van der Waals surface area contributed by atoms with E-state index in [1.54, 1.807) is 0 Å². The number of rotatable bonds is 1. The first-order chi connectivity index (χ1) is 7.34. The summed E-state index contributed by atoms with van der Waals surface area (Å²) < 4.78 is 6.61. The number of hydrogen-bond acceptors (Lipinski definition) is 4. The molecule has 0 bridgehead atoms. The lowest BCUT2D eigenvalue weighted by atomic mass is 10.3. The van der Waals surface area contributed by atoms with E-state index in [1.807, 2.05) is 12.3 Å². The average molecular weight is 317 g/mol. The maximum Gasteiger partial charge on any atom is 0.158 e. The van der Waals surface area contributed by atoms with Gasteiger partial charge < -0.3 is 15.0 Å². The van der Waals surface area contributed by atoms with E-state index >= 15 is 0 Å². The van der Waals surface area contributed by atoms with Crippen molar-refractivity contribution in [3.63, 3.8) is 0 Å². The van der Waals surface area contributed by atoms with E-state index in [4.69, 9.17) is 4.74 Å². The fourth-order valence-electron chi connectivity index (χ4n) is 1.94. The number of pyridine rings is 1. The molecule has 0 saturated carbocycles. The van der Waals surface area contributed by atoms with Crippen LogP contribution in [0.1, 0.15) is 0 Å². The van der Waals surface area contributed by atoms with Crippen LogP contribution >= 0.6 is 22.6 Å². The number of halogens is 1. The molecule has 15 heavy (non-hydrogen) atoms. The zero-order chi connectivity index (χ0) is 10.3. The summed E-state index contributed by atoms with van der Waals surface area (Å²) in [6, 6.07) is 4.14. The summed E-state index contributed by atoms with van der Waals surface area (Å²) in [6.07, 6.45) is 2.56. The van der Waals surface area contributed by atoms with E-state index in [1.165, 1.54) is 0 Å². The molecule has 2 saturated heterocycles. The van der Waals surface area contributed by atoms with Crippen molar-refractivity contribution >= 4 is 28.3 Å². The van der Waals surface area contributed by atoms with Gasteiger partial charge in [-0.25, -0.2) is 4.98 Å². The number of aromatic nitrogens is 1. The zero-order valence-electron chi connectivity index (χ0n) is 8.19. The molecular formula is C10H12IN3O. The molecule has 2 atom stereocenters. The molecule has 1 aromatic heterocycles. The largest absolute Gasteiger partial charge is 0.346 e. The first-order valence-electron chi connectivity index (χ1n) is 5.09. The van der Waals surface area contributed by atoms with Crippen LogP contribution in [0.5, 0.6) is 0 Å². The van der Waals surface area contributed by atoms with Crippen LogP contribution < -0.4 is 10.2 Å². The molecule has 0 radical (unpaired) electrons. The summed E-state index contributed by atoms with van der Waals surface area (Å²) in [6.45, 7) is 2.98. The van der Waals surface area contributed by atoms with E-state index in [0.29, 0.717) is 6.10 Å². The molecule has 2 aliphatic heterocycles. The lowest BCUT2D eigenvalue weighted by Gasteiger charge is -2.21. The van der Waals surface area contributed by atoms with E-state index < -0.39 is 0 Å². The Morgan fingerprint density at radius 2 is 2.47 bits per heavy atom. The number of anilines is 1. The highest BCUT2D eigenvalue weighted by atomic mass is 127. The first kappa shape index (κ1) is 9.80. The topological polar surface area (TPSA) is 40.7 Å². The summed E-state index contributed by atoms with van der Waals surface area (Å²) in [5.74, 6) is 0. The smallest absolute Gasteiger partial charge is 0.158 e.